The van der Waals surface area contributed by atoms with E-state index in [1.165, 1.54) is 30.4 Å². The van der Waals surface area contributed by atoms with Crippen molar-refractivity contribution in [3.63, 3.8) is 0 Å². The predicted molar refractivity (Wildman–Crippen MR) is 109 cm³/mol. The fourth-order valence-corrected chi connectivity index (χ4v) is 4.91. The van der Waals surface area contributed by atoms with Crippen LogP contribution in [0.3, 0.4) is 0 Å². The molecule has 2 aliphatic rings. The van der Waals surface area contributed by atoms with E-state index in [1.807, 2.05) is 0 Å². The molecule has 0 amide bonds. The van der Waals surface area contributed by atoms with Crippen LogP contribution in [0, 0.1) is 0 Å². The van der Waals surface area contributed by atoms with Crippen molar-refractivity contribution in [1.29, 1.82) is 0 Å². The second-order valence-corrected chi connectivity index (χ2v) is 9.32. The average Bonchev–Trinajstić information content (AvgIpc) is 3.56. The average molecular weight is 451 g/mol. The number of halogens is 3. The minimum absolute atomic E-state index is 0.193. The predicted octanol–water partition coefficient (Wildman–Crippen LogP) is 4.40. The van der Waals surface area contributed by atoms with Crippen LogP contribution in [0.2, 0.25) is 0 Å². The standard InChI is InChI=1S/C22H20F3NO4S/c23-22(24,25)30-20-15-17(16-7-3-1-4-8-16)13-14-21(20,26-31(27,28)19-11-12-19)29-18-9-5-2-6-10-18/h1-10,13-15,19-20,26H,11-12H2. The maximum Gasteiger partial charge on any atom is 0.523 e. The number of rotatable bonds is 7. The molecule has 5 nitrogen and oxygen atoms in total. The highest BCUT2D eigenvalue weighted by Gasteiger charge is 2.51. The number of benzene rings is 2. The fourth-order valence-electron chi connectivity index (χ4n) is 3.31. The topological polar surface area (TPSA) is 64.6 Å². The number of alkyl halides is 3. The molecular formula is C22H20F3NO4S. The molecule has 0 bridgehead atoms. The van der Waals surface area contributed by atoms with Crippen molar-refractivity contribution in [2.45, 2.75) is 36.3 Å². The van der Waals surface area contributed by atoms with Crippen molar-refractivity contribution in [2.75, 3.05) is 0 Å². The molecule has 31 heavy (non-hydrogen) atoms. The molecule has 2 atom stereocenters. The molecule has 2 aromatic carbocycles. The molecule has 0 spiro atoms. The Balaban J connectivity index is 1.78. The number of hydrogen-bond acceptors (Lipinski definition) is 4. The summed E-state index contributed by atoms with van der Waals surface area (Å²) in [5.41, 5.74) is -1.00. The number of para-hydroxylation sites is 1. The molecule has 1 N–H and O–H groups in total. The highest BCUT2D eigenvalue weighted by molar-refractivity contribution is 7.90. The molecule has 9 heteroatoms. The summed E-state index contributed by atoms with van der Waals surface area (Å²) in [6.45, 7) is 0. The van der Waals surface area contributed by atoms with E-state index in [0.717, 1.165) is 0 Å². The second kappa shape index (κ2) is 8.14. The Morgan fingerprint density at radius 3 is 2.16 bits per heavy atom. The maximum absolute atomic E-state index is 13.3. The highest BCUT2D eigenvalue weighted by Crippen LogP contribution is 2.37. The van der Waals surface area contributed by atoms with Gasteiger partial charge in [0.2, 0.25) is 15.7 Å². The van der Waals surface area contributed by atoms with Crippen molar-refractivity contribution in [2.24, 2.45) is 0 Å². The van der Waals surface area contributed by atoms with Gasteiger partial charge < -0.3 is 4.74 Å². The van der Waals surface area contributed by atoms with Gasteiger partial charge in [-0.1, -0.05) is 54.6 Å². The summed E-state index contributed by atoms with van der Waals surface area (Å²) in [6.07, 6.45) is -1.91. The molecule has 1 fully saturated rings. The first-order valence-electron chi connectivity index (χ1n) is 9.65. The zero-order valence-corrected chi connectivity index (χ0v) is 17.1. The van der Waals surface area contributed by atoms with Gasteiger partial charge in [0, 0.05) is 0 Å². The Kier molecular flexibility index (Phi) is 5.67. The van der Waals surface area contributed by atoms with Crippen LogP contribution in [0.1, 0.15) is 18.4 Å². The van der Waals surface area contributed by atoms with E-state index in [-0.39, 0.29) is 5.75 Å². The molecule has 0 aromatic heterocycles. The summed E-state index contributed by atoms with van der Waals surface area (Å²) in [4.78, 5) is 0. The van der Waals surface area contributed by atoms with Crippen molar-refractivity contribution in [1.82, 2.24) is 4.72 Å². The summed E-state index contributed by atoms with van der Waals surface area (Å²) in [5, 5.41) is -0.664. The lowest BCUT2D eigenvalue weighted by atomic mass is 9.93. The van der Waals surface area contributed by atoms with Crippen LogP contribution in [-0.4, -0.2) is 31.9 Å². The van der Waals surface area contributed by atoms with E-state index in [0.29, 0.717) is 24.0 Å². The molecule has 0 aliphatic heterocycles. The summed E-state index contributed by atoms with van der Waals surface area (Å²) in [6, 6.07) is 16.8. The van der Waals surface area contributed by atoms with Gasteiger partial charge in [0.15, 0.2) is 0 Å². The van der Waals surface area contributed by atoms with Crippen LogP contribution in [0.25, 0.3) is 5.57 Å². The molecule has 2 unspecified atom stereocenters. The Labute approximate surface area is 178 Å². The minimum Gasteiger partial charge on any atom is -0.465 e. The zero-order chi connectivity index (χ0) is 22.1. The molecule has 0 heterocycles. The van der Waals surface area contributed by atoms with E-state index in [2.05, 4.69) is 9.46 Å². The second-order valence-electron chi connectivity index (χ2n) is 7.36. The van der Waals surface area contributed by atoms with E-state index in [4.69, 9.17) is 4.74 Å². The smallest absolute Gasteiger partial charge is 0.465 e. The van der Waals surface area contributed by atoms with Gasteiger partial charge in [-0.05, 0) is 48.3 Å². The van der Waals surface area contributed by atoms with Gasteiger partial charge in [-0.15, -0.1) is 13.2 Å². The van der Waals surface area contributed by atoms with Gasteiger partial charge in [0.05, 0.1) is 5.25 Å². The SMILES string of the molecule is O=S(=O)(NC1(Oc2ccccc2)C=CC(c2ccccc2)=CC1OC(F)(F)F)C1CC1. The first-order valence-corrected chi connectivity index (χ1v) is 11.2. The van der Waals surface area contributed by atoms with Crippen LogP contribution < -0.4 is 9.46 Å². The molecular weight excluding hydrogens is 431 g/mol. The van der Waals surface area contributed by atoms with E-state index < -0.39 is 33.5 Å². The normalized spacial score (nSPS) is 24.0. The monoisotopic (exact) mass is 451 g/mol. The molecule has 2 aromatic rings. The van der Waals surface area contributed by atoms with Crippen LogP contribution in [0.15, 0.2) is 78.9 Å². The number of allylic oxidation sites excluding steroid dienone is 2. The molecule has 0 saturated heterocycles. The first kappa shape index (κ1) is 21.6. The lowest BCUT2D eigenvalue weighted by Gasteiger charge is -2.39. The van der Waals surface area contributed by atoms with Gasteiger partial charge in [-0.25, -0.2) is 8.42 Å². The van der Waals surface area contributed by atoms with Crippen LogP contribution in [0.5, 0.6) is 5.75 Å². The van der Waals surface area contributed by atoms with Crippen LogP contribution in [-0.2, 0) is 14.8 Å². The number of nitrogens with one attached hydrogen (secondary N) is 1. The Morgan fingerprint density at radius 2 is 1.58 bits per heavy atom. The molecule has 1 saturated carbocycles. The zero-order valence-electron chi connectivity index (χ0n) is 16.2. The number of ether oxygens (including phenoxy) is 2. The summed E-state index contributed by atoms with van der Waals surface area (Å²) in [7, 11) is -3.94. The third-order valence-electron chi connectivity index (χ3n) is 4.93. The number of hydrogen-bond donors (Lipinski definition) is 1. The van der Waals surface area contributed by atoms with Gasteiger partial charge in [0.1, 0.15) is 11.9 Å². The van der Waals surface area contributed by atoms with E-state index >= 15 is 0 Å². The highest BCUT2D eigenvalue weighted by atomic mass is 32.2. The lowest BCUT2D eigenvalue weighted by molar-refractivity contribution is -0.348. The fraction of sp³-hybridized carbons (Fsp3) is 0.273. The van der Waals surface area contributed by atoms with Crippen molar-refractivity contribution in [3.05, 3.63) is 84.5 Å². The maximum atomic E-state index is 13.3. The summed E-state index contributed by atoms with van der Waals surface area (Å²) >= 11 is 0. The van der Waals surface area contributed by atoms with Gasteiger partial charge in [0.25, 0.3) is 0 Å². The summed E-state index contributed by atoms with van der Waals surface area (Å²) < 4.78 is 78.1. The largest absolute Gasteiger partial charge is 0.523 e. The van der Waals surface area contributed by atoms with Gasteiger partial charge >= 0.3 is 6.36 Å². The number of sulfonamides is 1. The Hall–Kier alpha value is -2.62. The third kappa shape index (κ3) is 5.17. The van der Waals surface area contributed by atoms with Crippen LogP contribution >= 0.6 is 0 Å². The summed E-state index contributed by atoms with van der Waals surface area (Å²) in [5.74, 6) is 0.193. The van der Waals surface area contributed by atoms with Crippen molar-refractivity contribution < 1.29 is 31.1 Å². The van der Waals surface area contributed by atoms with E-state index in [1.54, 1.807) is 48.5 Å². The van der Waals surface area contributed by atoms with Crippen molar-refractivity contribution >= 4 is 15.6 Å². The molecule has 0 radical (unpaired) electrons. The Bertz CT molecular complexity index is 1080. The quantitative estimate of drug-likeness (QED) is 0.634. The van der Waals surface area contributed by atoms with E-state index in [9.17, 15) is 21.6 Å². The Morgan fingerprint density at radius 1 is 0.968 bits per heavy atom. The molecule has 4 rings (SSSR count). The minimum atomic E-state index is -5.02. The third-order valence-corrected chi connectivity index (χ3v) is 6.88. The molecule has 164 valence electrons. The lowest BCUT2D eigenvalue weighted by Crippen LogP contribution is -2.61. The van der Waals surface area contributed by atoms with Gasteiger partial charge in [-0.3, -0.25) is 4.74 Å². The van der Waals surface area contributed by atoms with Crippen LogP contribution in [0.4, 0.5) is 13.2 Å². The van der Waals surface area contributed by atoms with Crippen molar-refractivity contribution in [3.8, 4) is 5.75 Å². The van der Waals surface area contributed by atoms with Gasteiger partial charge in [-0.2, -0.15) is 4.72 Å². The first-order chi connectivity index (χ1) is 14.7. The molecule has 2 aliphatic carbocycles.